The summed E-state index contributed by atoms with van der Waals surface area (Å²) in [5, 5.41) is 23.3. The predicted octanol–water partition coefficient (Wildman–Crippen LogP) is 6.88. The van der Waals surface area contributed by atoms with E-state index >= 15 is 0 Å². The van der Waals surface area contributed by atoms with Gasteiger partial charge in [0.25, 0.3) is 0 Å². The molecule has 0 radical (unpaired) electrons. The maximum Gasteiger partial charge on any atom is 0.169 e. The molecule has 0 amide bonds. The van der Waals surface area contributed by atoms with Gasteiger partial charge in [-0.05, 0) is 69.6 Å². The minimum atomic E-state index is -0.146. The van der Waals surface area contributed by atoms with Crippen molar-refractivity contribution < 1.29 is 19.7 Å². The third-order valence-corrected chi connectivity index (χ3v) is 7.19. The number of aliphatic hydroxyl groups is 2. The highest BCUT2D eigenvalue weighted by Gasteiger charge is 2.19. The number of methoxy groups -OCH3 is 2. The lowest BCUT2D eigenvalue weighted by atomic mass is 9.94. The predicted molar refractivity (Wildman–Crippen MR) is 153 cm³/mol. The molecule has 2 N–H and O–H groups in total. The van der Waals surface area contributed by atoms with Crippen molar-refractivity contribution in [2.75, 3.05) is 14.2 Å². The summed E-state index contributed by atoms with van der Waals surface area (Å²) < 4.78 is 11.8. The maximum atomic E-state index is 9.81. The Morgan fingerprint density at radius 2 is 1.24 bits per heavy atom. The van der Waals surface area contributed by atoms with Crippen molar-refractivity contribution in [3.05, 3.63) is 102 Å². The minimum Gasteiger partial charge on any atom is -0.492 e. The zero-order valence-electron chi connectivity index (χ0n) is 21.2. The van der Waals surface area contributed by atoms with E-state index in [0.29, 0.717) is 22.6 Å². The molecule has 0 saturated heterocycles. The quantitative estimate of drug-likeness (QED) is 0.192. The lowest BCUT2D eigenvalue weighted by molar-refractivity contribution is 0.260. The number of aromatic nitrogens is 1. The number of nitrogens with zero attached hydrogens (tertiary/aromatic N) is 1. The fourth-order valence-corrected chi connectivity index (χ4v) is 5.26. The molecule has 1 aromatic heterocycles. The summed E-state index contributed by atoms with van der Waals surface area (Å²) in [7, 11) is 3.32. The lowest BCUT2D eigenvalue weighted by Gasteiger charge is -2.18. The van der Waals surface area contributed by atoms with Crippen molar-refractivity contribution in [2.45, 2.75) is 13.2 Å². The van der Waals surface area contributed by atoms with Crippen LogP contribution in [0.25, 0.3) is 54.8 Å². The molecule has 0 saturated carbocycles. The van der Waals surface area contributed by atoms with Gasteiger partial charge in [0.05, 0.1) is 38.5 Å². The van der Waals surface area contributed by atoms with Crippen LogP contribution in [0.1, 0.15) is 11.1 Å². The van der Waals surface area contributed by atoms with Gasteiger partial charge in [0.2, 0.25) is 0 Å². The van der Waals surface area contributed by atoms with E-state index in [9.17, 15) is 10.2 Å². The van der Waals surface area contributed by atoms with E-state index in [4.69, 9.17) is 14.5 Å². The third kappa shape index (κ3) is 3.93. The molecule has 0 aliphatic rings. The molecule has 0 bridgehead atoms. The molecule has 38 heavy (non-hydrogen) atoms. The number of pyridine rings is 1. The van der Waals surface area contributed by atoms with Crippen molar-refractivity contribution in [2.24, 2.45) is 0 Å². The Kier molecular flexibility index (Phi) is 6.16. The van der Waals surface area contributed by atoms with E-state index in [-0.39, 0.29) is 13.2 Å². The summed E-state index contributed by atoms with van der Waals surface area (Å²) in [6.45, 7) is -0.291. The van der Waals surface area contributed by atoms with E-state index in [1.165, 1.54) is 0 Å². The number of aliphatic hydroxyl groups excluding tert-OH is 2. The Morgan fingerprint density at radius 1 is 0.579 bits per heavy atom. The number of benzene rings is 5. The Morgan fingerprint density at radius 3 is 1.92 bits per heavy atom. The van der Waals surface area contributed by atoms with Crippen LogP contribution in [-0.2, 0) is 13.2 Å². The normalized spacial score (nSPS) is 11.4. The van der Waals surface area contributed by atoms with Crippen molar-refractivity contribution in [3.8, 4) is 33.8 Å². The number of hydrogen-bond acceptors (Lipinski definition) is 5. The Balaban J connectivity index is 1.60. The van der Waals surface area contributed by atoms with E-state index < -0.39 is 0 Å². The number of fused-ring (bicyclic) bond motifs is 4. The van der Waals surface area contributed by atoms with E-state index in [1.807, 2.05) is 42.5 Å². The van der Waals surface area contributed by atoms with Gasteiger partial charge in [-0.25, -0.2) is 4.98 Å². The second-order valence-electron chi connectivity index (χ2n) is 9.28. The van der Waals surface area contributed by atoms with Gasteiger partial charge >= 0.3 is 0 Å². The molecule has 188 valence electrons. The largest absolute Gasteiger partial charge is 0.492 e. The summed E-state index contributed by atoms with van der Waals surface area (Å²) in [5.74, 6) is 1.34. The molecule has 0 unspecified atom stereocenters. The van der Waals surface area contributed by atoms with Crippen LogP contribution in [0.2, 0.25) is 0 Å². The first kappa shape index (κ1) is 23.9. The highest BCUT2D eigenvalue weighted by atomic mass is 16.5. The standard InChI is InChI=1S/C33H27NO4/c1-37-32-26-12-13-30-29(15-23-14-24(18-35)25(19-36)16-31(23)34-30)28(26)17-27(33(32)38-2)22-10-8-21(9-11-22)20-6-4-3-5-7-20/h3-17,35-36H,18-19H2,1-2H3. The van der Waals surface area contributed by atoms with Crippen molar-refractivity contribution >= 4 is 32.6 Å². The average Bonchev–Trinajstić information content (AvgIpc) is 2.98. The second-order valence-corrected chi connectivity index (χ2v) is 9.28. The van der Waals surface area contributed by atoms with Crippen LogP contribution in [-0.4, -0.2) is 29.4 Å². The van der Waals surface area contributed by atoms with Gasteiger partial charge in [-0.15, -0.1) is 0 Å². The zero-order chi connectivity index (χ0) is 26.2. The molecule has 5 nitrogen and oxygen atoms in total. The Labute approximate surface area is 220 Å². The molecular weight excluding hydrogens is 474 g/mol. The topological polar surface area (TPSA) is 71.8 Å². The average molecular weight is 502 g/mol. The molecule has 5 heteroatoms. The van der Waals surface area contributed by atoms with Crippen molar-refractivity contribution in [1.82, 2.24) is 4.98 Å². The fourth-order valence-electron chi connectivity index (χ4n) is 5.26. The van der Waals surface area contributed by atoms with Crippen LogP contribution < -0.4 is 9.47 Å². The SMILES string of the molecule is COc1c(-c2ccc(-c3ccccc3)cc2)cc2c(ccc3nc4cc(CO)c(CO)cc4cc32)c1OC. The van der Waals surface area contributed by atoms with Crippen molar-refractivity contribution in [3.63, 3.8) is 0 Å². The second kappa shape index (κ2) is 9.78. The molecule has 5 aromatic carbocycles. The van der Waals surface area contributed by atoms with Gasteiger partial charge < -0.3 is 19.7 Å². The molecule has 6 rings (SSSR count). The van der Waals surface area contributed by atoms with Crippen molar-refractivity contribution in [1.29, 1.82) is 0 Å². The van der Waals surface area contributed by atoms with Crippen LogP contribution in [0, 0.1) is 0 Å². The molecule has 6 aromatic rings. The van der Waals surface area contributed by atoms with Gasteiger partial charge in [0.1, 0.15) is 0 Å². The Bertz CT molecular complexity index is 1790. The molecule has 1 heterocycles. The first-order chi connectivity index (χ1) is 18.6. The first-order valence-corrected chi connectivity index (χ1v) is 12.5. The first-order valence-electron chi connectivity index (χ1n) is 12.5. The van der Waals surface area contributed by atoms with Crippen LogP contribution >= 0.6 is 0 Å². The van der Waals surface area contributed by atoms with E-state index in [0.717, 1.165) is 54.8 Å². The number of ether oxygens (including phenoxy) is 2. The molecule has 0 atom stereocenters. The van der Waals surface area contributed by atoms with E-state index in [1.54, 1.807) is 14.2 Å². The molecule has 0 fully saturated rings. The summed E-state index contributed by atoms with van der Waals surface area (Å²) in [4.78, 5) is 4.89. The highest BCUT2D eigenvalue weighted by Crippen LogP contribution is 2.46. The lowest BCUT2D eigenvalue weighted by Crippen LogP contribution is -1.97. The number of hydrogen-bond donors (Lipinski definition) is 2. The van der Waals surface area contributed by atoms with E-state index in [2.05, 4.69) is 48.5 Å². The third-order valence-electron chi connectivity index (χ3n) is 7.19. The smallest absolute Gasteiger partial charge is 0.169 e. The maximum absolute atomic E-state index is 9.81. The van der Waals surface area contributed by atoms with Gasteiger partial charge in [-0.1, -0.05) is 54.6 Å². The summed E-state index contributed by atoms with van der Waals surface area (Å²) >= 11 is 0. The molecule has 0 aliphatic heterocycles. The molecule has 0 spiro atoms. The van der Waals surface area contributed by atoms with Crippen LogP contribution in [0.15, 0.2) is 91.0 Å². The molecule has 0 aliphatic carbocycles. The van der Waals surface area contributed by atoms with Crippen LogP contribution in [0.4, 0.5) is 0 Å². The molecular formula is C33H27NO4. The fraction of sp³-hybridized carbons (Fsp3) is 0.121. The van der Waals surface area contributed by atoms with Gasteiger partial charge in [-0.3, -0.25) is 0 Å². The Hall–Kier alpha value is -4.45. The monoisotopic (exact) mass is 501 g/mol. The van der Waals surface area contributed by atoms with Crippen LogP contribution in [0.5, 0.6) is 11.5 Å². The minimum absolute atomic E-state index is 0.145. The van der Waals surface area contributed by atoms with Gasteiger partial charge in [-0.2, -0.15) is 0 Å². The van der Waals surface area contributed by atoms with Gasteiger partial charge in [0, 0.05) is 21.7 Å². The highest BCUT2D eigenvalue weighted by molar-refractivity contribution is 6.13. The number of rotatable bonds is 6. The summed E-state index contributed by atoms with van der Waals surface area (Å²) in [6.07, 6.45) is 0. The zero-order valence-corrected chi connectivity index (χ0v) is 21.2. The summed E-state index contributed by atoms with van der Waals surface area (Å²) in [5.41, 5.74) is 7.24. The summed E-state index contributed by atoms with van der Waals surface area (Å²) in [6, 6.07) is 30.7. The van der Waals surface area contributed by atoms with Crippen LogP contribution in [0.3, 0.4) is 0 Å². The van der Waals surface area contributed by atoms with Gasteiger partial charge in [0.15, 0.2) is 11.5 Å².